The van der Waals surface area contributed by atoms with E-state index in [1.54, 1.807) is 35.9 Å². The number of aromatic nitrogens is 2. The van der Waals surface area contributed by atoms with E-state index in [1.807, 2.05) is 4.90 Å². The van der Waals surface area contributed by atoms with Crippen LogP contribution in [0.25, 0.3) is 10.2 Å². The fourth-order valence-corrected chi connectivity index (χ4v) is 4.84. The molecule has 1 aromatic carbocycles. The Morgan fingerprint density at radius 1 is 1.17 bits per heavy atom. The van der Waals surface area contributed by atoms with Crippen LogP contribution in [0.4, 0.5) is 5.82 Å². The van der Waals surface area contributed by atoms with Gasteiger partial charge in [-0.05, 0) is 37.6 Å². The Balaban J connectivity index is 1.25. The molecule has 1 aliphatic heterocycles. The van der Waals surface area contributed by atoms with Gasteiger partial charge in [0.25, 0.3) is 0 Å². The lowest BCUT2D eigenvalue weighted by atomic mass is 10.2. The van der Waals surface area contributed by atoms with Crippen molar-refractivity contribution in [2.45, 2.75) is 19.8 Å². The summed E-state index contributed by atoms with van der Waals surface area (Å²) in [6, 6.07) is 7.26. The van der Waals surface area contributed by atoms with E-state index in [9.17, 15) is 4.79 Å². The van der Waals surface area contributed by atoms with E-state index >= 15 is 0 Å². The average Bonchev–Trinajstić information content (AvgIpc) is 3.12. The third-order valence-corrected chi connectivity index (χ3v) is 6.54. The van der Waals surface area contributed by atoms with E-state index in [0.717, 1.165) is 29.1 Å². The summed E-state index contributed by atoms with van der Waals surface area (Å²) in [7, 11) is 0. The summed E-state index contributed by atoms with van der Waals surface area (Å²) >= 11 is 13.7. The van der Waals surface area contributed by atoms with Gasteiger partial charge in [-0.1, -0.05) is 23.2 Å². The molecule has 1 saturated heterocycles. The molecule has 158 valence electrons. The number of amides is 1. The highest BCUT2D eigenvalue weighted by molar-refractivity contribution is 7.18. The van der Waals surface area contributed by atoms with Gasteiger partial charge in [0.05, 0.1) is 17.0 Å². The topological polar surface area (TPSA) is 58.6 Å². The number of hydrogen-bond donors (Lipinski definition) is 0. The lowest BCUT2D eigenvalue weighted by Crippen LogP contribution is -2.49. The Bertz CT molecular complexity index is 1050. The summed E-state index contributed by atoms with van der Waals surface area (Å²) < 4.78 is 5.66. The summed E-state index contributed by atoms with van der Waals surface area (Å²) in [6.45, 7) is 5.43. The number of carbonyl (C=O) groups is 1. The SMILES string of the molecule is Cc1cc2c(N3CCN(C(=O)CCCOc4ccc(Cl)cc4Cl)CC3)ncnc2s1. The van der Waals surface area contributed by atoms with Gasteiger partial charge in [0.1, 0.15) is 22.7 Å². The molecule has 0 saturated carbocycles. The summed E-state index contributed by atoms with van der Waals surface area (Å²) in [4.78, 5) is 27.8. The number of halogens is 2. The van der Waals surface area contributed by atoms with Crippen LogP contribution in [0.2, 0.25) is 10.0 Å². The van der Waals surface area contributed by atoms with Crippen molar-refractivity contribution in [3.05, 3.63) is 45.5 Å². The van der Waals surface area contributed by atoms with Crippen LogP contribution in [0.3, 0.4) is 0 Å². The second kappa shape index (κ2) is 9.37. The highest BCUT2D eigenvalue weighted by Crippen LogP contribution is 2.30. The second-order valence-corrected chi connectivity index (χ2v) is 9.25. The molecule has 30 heavy (non-hydrogen) atoms. The van der Waals surface area contributed by atoms with Crippen LogP contribution in [0.15, 0.2) is 30.6 Å². The molecule has 0 N–H and O–H groups in total. The smallest absolute Gasteiger partial charge is 0.222 e. The summed E-state index contributed by atoms with van der Waals surface area (Å²) in [5.74, 6) is 1.70. The van der Waals surface area contributed by atoms with Crippen molar-refractivity contribution in [1.82, 2.24) is 14.9 Å². The van der Waals surface area contributed by atoms with Gasteiger partial charge in [-0.25, -0.2) is 9.97 Å². The Morgan fingerprint density at radius 2 is 1.97 bits per heavy atom. The van der Waals surface area contributed by atoms with Gasteiger partial charge in [0.15, 0.2) is 0 Å². The van der Waals surface area contributed by atoms with Crippen molar-refractivity contribution >= 4 is 56.5 Å². The van der Waals surface area contributed by atoms with Gasteiger partial charge >= 0.3 is 0 Å². The molecule has 9 heteroatoms. The van der Waals surface area contributed by atoms with Crippen molar-refractivity contribution in [3.63, 3.8) is 0 Å². The van der Waals surface area contributed by atoms with Crippen molar-refractivity contribution in [1.29, 1.82) is 0 Å². The standard InChI is InChI=1S/C21H22Cl2N4O2S/c1-14-11-16-20(24-13-25-21(16)30-14)27-8-6-26(7-9-27)19(28)3-2-10-29-18-5-4-15(22)12-17(18)23/h4-5,11-13H,2-3,6-10H2,1H3. The van der Waals surface area contributed by atoms with E-state index in [1.165, 1.54) is 4.88 Å². The number of piperazine rings is 1. The third kappa shape index (κ3) is 4.79. The maximum Gasteiger partial charge on any atom is 0.222 e. The number of rotatable bonds is 6. The number of ether oxygens (including phenoxy) is 1. The monoisotopic (exact) mass is 464 g/mol. The van der Waals surface area contributed by atoms with Gasteiger partial charge in [-0.3, -0.25) is 4.79 Å². The minimum atomic E-state index is 0.152. The molecular weight excluding hydrogens is 443 g/mol. The van der Waals surface area contributed by atoms with Crippen LogP contribution >= 0.6 is 34.5 Å². The second-order valence-electron chi connectivity index (χ2n) is 7.17. The molecule has 2 aromatic heterocycles. The number of fused-ring (bicyclic) bond motifs is 1. The summed E-state index contributed by atoms with van der Waals surface area (Å²) in [6.07, 6.45) is 2.71. The van der Waals surface area contributed by atoms with Crippen LogP contribution in [0.5, 0.6) is 5.75 Å². The normalized spacial score (nSPS) is 14.4. The molecule has 0 unspecified atom stereocenters. The van der Waals surface area contributed by atoms with Gasteiger partial charge in [0.2, 0.25) is 5.91 Å². The average molecular weight is 465 g/mol. The quantitative estimate of drug-likeness (QED) is 0.489. The van der Waals surface area contributed by atoms with Crippen LogP contribution in [-0.2, 0) is 4.79 Å². The van der Waals surface area contributed by atoms with E-state index in [2.05, 4.69) is 27.9 Å². The first kappa shape index (κ1) is 21.2. The molecule has 0 radical (unpaired) electrons. The fourth-order valence-electron chi connectivity index (χ4n) is 3.54. The Kier molecular flexibility index (Phi) is 6.61. The van der Waals surface area contributed by atoms with E-state index in [4.69, 9.17) is 27.9 Å². The number of hydrogen-bond acceptors (Lipinski definition) is 6. The predicted molar refractivity (Wildman–Crippen MR) is 122 cm³/mol. The summed E-state index contributed by atoms with van der Waals surface area (Å²) in [5.41, 5.74) is 0. The highest BCUT2D eigenvalue weighted by atomic mass is 35.5. The molecule has 1 amide bonds. The molecule has 1 fully saturated rings. The maximum atomic E-state index is 12.6. The van der Waals surface area contributed by atoms with E-state index < -0.39 is 0 Å². The van der Waals surface area contributed by atoms with Crippen LogP contribution in [0.1, 0.15) is 17.7 Å². The molecule has 0 atom stereocenters. The first-order valence-corrected chi connectivity index (χ1v) is 11.4. The molecule has 1 aliphatic rings. The predicted octanol–water partition coefficient (Wildman–Crippen LogP) is 4.81. The number of benzene rings is 1. The van der Waals surface area contributed by atoms with Crippen molar-refractivity contribution in [2.75, 3.05) is 37.7 Å². The Labute approximate surface area is 189 Å². The van der Waals surface area contributed by atoms with Crippen LogP contribution in [0, 0.1) is 6.92 Å². The minimum absolute atomic E-state index is 0.152. The van der Waals surface area contributed by atoms with Gasteiger partial charge in [0, 0.05) is 42.5 Å². The molecular formula is C21H22Cl2N4O2S. The Morgan fingerprint density at radius 3 is 2.73 bits per heavy atom. The van der Waals surface area contributed by atoms with Gasteiger partial charge in [-0.15, -0.1) is 11.3 Å². The zero-order chi connectivity index (χ0) is 21.1. The summed E-state index contributed by atoms with van der Waals surface area (Å²) in [5, 5.41) is 2.14. The molecule has 6 nitrogen and oxygen atoms in total. The lowest BCUT2D eigenvalue weighted by Gasteiger charge is -2.35. The van der Waals surface area contributed by atoms with Crippen molar-refractivity contribution in [3.8, 4) is 5.75 Å². The number of aryl methyl sites for hydroxylation is 1. The highest BCUT2D eigenvalue weighted by Gasteiger charge is 2.23. The largest absolute Gasteiger partial charge is 0.492 e. The maximum absolute atomic E-state index is 12.6. The molecule has 3 heterocycles. The number of nitrogens with zero attached hydrogens (tertiary/aromatic N) is 4. The molecule has 0 aliphatic carbocycles. The fraction of sp³-hybridized carbons (Fsp3) is 0.381. The number of anilines is 1. The first-order valence-electron chi connectivity index (χ1n) is 9.83. The zero-order valence-electron chi connectivity index (χ0n) is 16.6. The molecule has 4 rings (SSSR count). The van der Waals surface area contributed by atoms with Crippen molar-refractivity contribution in [2.24, 2.45) is 0 Å². The molecule has 0 spiro atoms. The van der Waals surface area contributed by atoms with Gasteiger partial charge in [-0.2, -0.15) is 0 Å². The first-order chi connectivity index (χ1) is 14.5. The van der Waals surface area contributed by atoms with E-state index in [-0.39, 0.29) is 5.91 Å². The minimum Gasteiger partial charge on any atom is -0.492 e. The van der Waals surface area contributed by atoms with Gasteiger partial charge < -0.3 is 14.5 Å². The van der Waals surface area contributed by atoms with Crippen molar-refractivity contribution < 1.29 is 9.53 Å². The Hall–Kier alpha value is -2.09. The number of carbonyl (C=O) groups excluding carboxylic acids is 1. The third-order valence-electron chi connectivity index (χ3n) is 5.05. The zero-order valence-corrected chi connectivity index (χ0v) is 18.9. The number of thiophene rings is 1. The van der Waals surface area contributed by atoms with E-state index in [0.29, 0.717) is 48.3 Å². The molecule has 3 aromatic rings. The lowest BCUT2D eigenvalue weighted by molar-refractivity contribution is -0.131. The van der Waals surface area contributed by atoms with Crippen LogP contribution < -0.4 is 9.64 Å². The van der Waals surface area contributed by atoms with Crippen LogP contribution in [-0.4, -0.2) is 53.6 Å². The molecule has 0 bridgehead atoms.